The molecule has 0 radical (unpaired) electrons. The number of quaternary nitrogens is 1. The first-order valence-corrected chi connectivity index (χ1v) is 5.42. The molecule has 0 amide bonds. The van der Waals surface area contributed by atoms with Gasteiger partial charge in [-0.1, -0.05) is 0 Å². The van der Waals surface area contributed by atoms with Crippen LogP contribution in [0.2, 0.25) is 0 Å². The number of nitrogens with two attached hydrogens (primary N) is 1. The fourth-order valence-electron chi connectivity index (χ4n) is 1.88. The zero-order valence-corrected chi connectivity index (χ0v) is 10.6. The van der Waals surface area contributed by atoms with Crippen LogP contribution < -0.4 is 11.3 Å². The summed E-state index contributed by atoms with van der Waals surface area (Å²) in [5.74, 6) is 0.223. The fourth-order valence-corrected chi connectivity index (χ4v) is 1.88. The van der Waals surface area contributed by atoms with Crippen molar-refractivity contribution in [3.8, 4) is 0 Å². The summed E-state index contributed by atoms with van der Waals surface area (Å²) in [6.07, 6.45) is 1.84. The minimum Gasteiger partial charge on any atom is -0.369 e. The summed E-state index contributed by atoms with van der Waals surface area (Å²) in [6, 6.07) is 0. The van der Waals surface area contributed by atoms with Gasteiger partial charge in [0.2, 0.25) is 5.95 Å². The average Bonchev–Trinajstić information content (AvgIpc) is 2.55. The molecule has 0 atom stereocenters. The quantitative estimate of drug-likeness (QED) is 0.723. The molecule has 3 N–H and O–H groups in total. The monoisotopic (exact) mass is 236 g/mol. The molecule has 2 aromatic heterocycles. The lowest BCUT2D eigenvalue weighted by molar-refractivity contribution is -0.883. The molecule has 6 heteroatoms. The van der Waals surface area contributed by atoms with Crippen molar-refractivity contribution in [2.75, 3.05) is 26.9 Å². The predicted molar refractivity (Wildman–Crippen MR) is 67.5 cm³/mol. The van der Waals surface area contributed by atoms with Crippen LogP contribution in [0.4, 0.5) is 5.95 Å². The number of hydrogen-bond donors (Lipinski definition) is 2. The molecule has 0 saturated heterocycles. The van der Waals surface area contributed by atoms with E-state index in [1.165, 1.54) is 4.57 Å². The van der Waals surface area contributed by atoms with Crippen LogP contribution in [0.25, 0.3) is 11.0 Å². The van der Waals surface area contributed by atoms with Gasteiger partial charge < -0.3 is 15.2 Å². The van der Waals surface area contributed by atoms with E-state index in [9.17, 15) is 4.79 Å². The van der Waals surface area contributed by atoms with Crippen LogP contribution in [-0.2, 0) is 13.6 Å². The zero-order chi connectivity index (χ0) is 12.8. The van der Waals surface area contributed by atoms with E-state index in [0.717, 1.165) is 16.6 Å². The molecule has 0 aromatic carbocycles. The Morgan fingerprint density at radius 3 is 2.71 bits per heavy atom. The molecule has 0 aliphatic rings. The number of rotatable bonds is 2. The fraction of sp³-hybridized carbons (Fsp3) is 0.455. The van der Waals surface area contributed by atoms with E-state index in [1.54, 1.807) is 7.05 Å². The van der Waals surface area contributed by atoms with Gasteiger partial charge in [-0.25, -0.2) is 0 Å². The van der Waals surface area contributed by atoms with E-state index in [1.807, 2.05) is 6.20 Å². The predicted octanol–water partition coefficient (Wildman–Crippen LogP) is 0.0500. The van der Waals surface area contributed by atoms with Gasteiger partial charge in [-0.3, -0.25) is 9.36 Å². The Labute approximate surface area is 99.3 Å². The number of aromatic amines is 1. The van der Waals surface area contributed by atoms with Gasteiger partial charge in [0.25, 0.3) is 5.56 Å². The number of anilines is 1. The first-order valence-electron chi connectivity index (χ1n) is 5.42. The van der Waals surface area contributed by atoms with Gasteiger partial charge in [-0.15, -0.1) is 0 Å². The molecule has 92 valence electrons. The van der Waals surface area contributed by atoms with Gasteiger partial charge in [0.15, 0.2) is 0 Å². The number of fused-ring (bicyclic) bond motifs is 1. The topological polar surface area (TPSA) is 76.7 Å². The average molecular weight is 236 g/mol. The van der Waals surface area contributed by atoms with Crippen molar-refractivity contribution in [2.24, 2.45) is 7.05 Å². The minimum atomic E-state index is -0.0998. The van der Waals surface area contributed by atoms with Gasteiger partial charge in [0, 0.05) is 18.8 Å². The van der Waals surface area contributed by atoms with Crippen molar-refractivity contribution >= 4 is 17.0 Å². The third-order valence-electron chi connectivity index (χ3n) is 2.67. The van der Waals surface area contributed by atoms with Crippen molar-refractivity contribution in [1.82, 2.24) is 14.5 Å². The highest BCUT2D eigenvalue weighted by atomic mass is 16.1. The third-order valence-corrected chi connectivity index (χ3v) is 2.67. The van der Waals surface area contributed by atoms with E-state index >= 15 is 0 Å². The highest BCUT2D eigenvalue weighted by molar-refractivity contribution is 5.79. The molecule has 2 heterocycles. The molecule has 2 aromatic rings. The normalized spacial score (nSPS) is 12.2. The minimum absolute atomic E-state index is 0.0998. The Balaban J connectivity index is 2.69. The van der Waals surface area contributed by atoms with Crippen molar-refractivity contribution in [3.05, 3.63) is 22.1 Å². The summed E-state index contributed by atoms with van der Waals surface area (Å²) in [4.78, 5) is 19.3. The van der Waals surface area contributed by atoms with E-state index in [0.29, 0.717) is 11.0 Å². The van der Waals surface area contributed by atoms with Crippen LogP contribution in [0.1, 0.15) is 5.56 Å². The van der Waals surface area contributed by atoms with Crippen LogP contribution >= 0.6 is 0 Å². The first kappa shape index (κ1) is 11.7. The Kier molecular flexibility index (Phi) is 2.46. The molecular formula is C11H18N5O+. The summed E-state index contributed by atoms with van der Waals surface area (Å²) < 4.78 is 2.12. The smallest absolute Gasteiger partial charge is 0.264 e. The summed E-state index contributed by atoms with van der Waals surface area (Å²) in [5.41, 5.74) is 7.09. The van der Waals surface area contributed by atoms with Gasteiger partial charge in [-0.05, 0) is 0 Å². The van der Waals surface area contributed by atoms with Crippen LogP contribution in [0.15, 0.2) is 11.0 Å². The molecule has 0 unspecified atom stereocenters. The summed E-state index contributed by atoms with van der Waals surface area (Å²) in [5, 5.41) is 0.634. The van der Waals surface area contributed by atoms with Crippen molar-refractivity contribution in [3.63, 3.8) is 0 Å². The Morgan fingerprint density at radius 1 is 1.47 bits per heavy atom. The molecule has 0 spiro atoms. The molecule has 0 aliphatic heterocycles. The van der Waals surface area contributed by atoms with Crippen LogP contribution in [0.3, 0.4) is 0 Å². The van der Waals surface area contributed by atoms with E-state index in [-0.39, 0.29) is 11.5 Å². The molecule has 2 rings (SSSR count). The molecule has 0 bridgehead atoms. The maximum Gasteiger partial charge on any atom is 0.264 e. The lowest BCUT2D eigenvalue weighted by Gasteiger charge is -2.23. The highest BCUT2D eigenvalue weighted by Crippen LogP contribution is 2.16. The van der Waals surface area contributed by atoms with Gasteiger partial charge in [-0.2, -0.15) is 4.98 Å². The van der Waals surface area contributed by atoms with Gasteiger partial charge in [0.05, 0.1) is 26.5 Å². The van der Waals surface area contributed by atoms with Crippen LogP contribution in [-0.4, -0.2) is 40.2 Å². The van der Waals surface area contributed by atoms with Crippen LogP contribution in [0.5, 0.6) is 0 Å². The van der Waals surface area contributed by atoms with Gasteiger partial charge >= 0.3 is 0 Å². The van der Waals surface area contributed by atoms with E-state index in [4.69, 9.17) is 5.73 Å². The molecule has 17 heavy (non-hydrogen) atoms. The number of nitrogens with zero attached hydrogens (tertiary/aromatic N) is 3. The lowest BCUT2D eigenvalue weighted by Crippen LogP contribution is -2.33. The van der Waals surface area contributed by atoms with E-state index < -0.39 is 0 Å². The molecule has 6 nitrogen and oxygen atoms in total. The molecule has 0 aliphatic carbocycles. The first-order chi connectivity index (χ1) is 7.79. The standard InChI is InChI=1S/C11H17N5O/c1-15-10(17)8-7(6-16(2,3)4)5-13-9(8)14-11(15)12/h5H,6H2,1-4H3,(H2-,12,13,14,17)/p+1. The second-order valence-corrected chi connectivity index (χ2v) is 5.32. The molecular weight excluding hydrogens is 218 g/mol. The Hall–Kier alpha value is -1.82. The number of nitrogens with one attached hydrogen (secondary N) is 1. The van der Waals surface area contributed by atoms with Crippen LogP contribution in [0, 0.1) is 0 Å². The number of H-pyrrole nitrogens is 1. The lowest BCUT2D eigenvalue weighted by atomic mass is 10.2. The third kappa shape index (κ3) is 2.03. The maximum absolute atomic E-state index is 12.1. The maximum atomic E-state index is 12.1. The Morgan fingerprint density at radius 2 is 2.12 bits per heavy atom. The SMILES string of the molecule is Cn1c(N)nc2[nH]cc(C[N+](C)(C)C)c2c1=O. The largest absolute Gasteiger partial charge is 0.369 e. The van der Waals surface area contributed by atoms with E-state index in [2.05, 4.69) is 31.1 Å². The van der Waals surface area contributed by atoms with Crippen molar-refractivity contribution in [1.29, 1.82) is 0 Å². The summed E-state index contributed by atoms with van der Waals surface area (Å²) in [6.45, 7) is 0.765. The molecule has 0 saturated carbocycles. The second-order valence-electron chi connectivity index (χ2n) is 5.32. The molecule has 0 fully saturated rings. The van der Waals surface area contributed by atoms with Crippen molar-refractivity contribution in [2.45, 2.75) is 6.54 Å². The zero-order valence-electron chi connectivity index (χ0n) is 10.6. The summed E-state index contributed by atoms with van der Waals surface area (Å²) >= 11 is 0. The second kappa shape index (κ2) is 3.59. The number of aromatic nitrogens is 3. The number of hydrogen-bond acceptors (Lipinski definition) is 3. The van der Waals surface area contributed by atoms with Crippen molar-refractivity contribution < 1.29 is 4.48 Å². The van der Waals surface area contributed by atoms with Gasteiger partial charge in [0.1, 0.15) is 12.2 Å². The number of nitrogen functional groups attached to an aromatic ring is 1. The Bertz CT molecular complexity index is 617. The summed E-state index contributed by atoms with van der Waals surface area (Å²) in [7, 11) is 7.86. The highest BCUT2D eigenvalue weighted by Gasteiger charge is 2.17.